The van der Waals surface area contributed by atoms with E-state index in [-0.39, 0.29) is 6.03 Å². The Hall–Kier alpha value is -1.75. The number of rotatable bonds is 6. The first-order chi connectivity index (χ1) is 11.1. The van der Waals surface area contributed by atoms with Crippen molar-refractivity contribution in [3.8, 4) is 0 Å². The van der Waals surface area contributed by atoms with Crippen LogP contribution in [0.3, 0.4) is 0 Å². The van der Waals surface area contributed by atoms with E-state index in [4.69, 9.17) is 4.74 Å². The maximum absolute atomic E-state index is 12.1. The lowest BCUT2D eigenvalue weighted by atomic mass is 10.0. The minimum Gasteiger partial charge on any atom is -0.381 e. The monoisotopic (exact) mass is 319 g/mol. The molecule has 0 atom stereocenters. The van der Waals surface area contributed by atoms with Gasteiger partial charge in [0.15, 0.2) is 0 Å². The fourth-order valence-corrected chi connectivity index (χ4v) is 2.93. The van der Waals surface area contributed by atoms with Crippen LogP contribution in [0.5, 0.6) is 0 Å². The van der Waals surface area contributed by atoms with Crippen molar-refractivity contribution in [3.63, 3.8) is 0 Å². The highest BCUT2D eigenvalue weighted by Gasteiger charge is 2.15. The van der Waals surface area contributed by atoms with Crippen LogP contribution in [0.15, 0.2) is 18.2 Å². The van der Waals surface area contributed by atoms with Gasteiger partial charge in [0.05, 0.1) is 0 Å². The average molecular weight is 319 g/mol. The van der Waals surface area contributed by atoms with Gasteiger partial charge < -0.3 is 20.3 Å². The van der Waals surface area contributed by atoms with Gasteiger partial charge in [0.25, 0.3) is 0 Å². The van der Waals surface area contributed by atoms with Crippen molar-refractivity contribution in [2.24, 2.45) is 5.92 Å². The van der Waals surface area contributed by atoms with Crippen LogP contribution in [0.25, 0.3) is 0 Å². The lowest BCUT2D eigenvalue weighted by molar-refractivity contribution is 0.0671. The minimum absolute atomic E-state index is 0.129. The maximum Gasteiger partial charge on any atom is 0.319 e. The second-order valence-electron chi connectivity index (χ2n) is 6.06. The summed E-state index contributed by atoms with van der Waals surface area (Å²) in [5.41, 5.74) is 3.14. The van der Waals surface area contributed by atoms with Crippen LogP contribution in [-0.4, -0.2) is 38.9 Å². The third-order valence-electron chi connectivity index (χ3n) is 4.48. The Morgan fingerprint density at radius 1 is 1.26 bits per heavy atom. The van der Waals surface area contributed by atoms with E-state index < -0.39 is 0 Å². The number of nitrogens with zero attached hydrogens (tertiary/aromatic N) is 1. The fraction of sp³-hybridized carbons (Fsp3) is 0.611. The van der Waals surface area contributed by atoms with Gasteiger partial charge in [0, 0.05) is 44.2 Å². The highest BCUT2D eigenvalue weighted by atomic mass is 16.5. The first-order valence-electron chi connectivity index (χ1n) is 8.62. The van der Waals surface area contributed by atoms with E-state index in [1.165, 1.54) is 5.69 Å². The van der Waals surface area contributed by atoms with Crippen LogP contribution in [0.4, 0.5) is 16.2 Å². The van der Waals surface area contributed by atoms with Crippen molar-refractivity contribution in [1.82, 2.24) is 5.32 Å². The second-order valence-corrected chi connectivity index (χ2v) is 6.06. The topological polar surface area (TPSA) is 53.6 Å². The highest BCUT2D eigenvalue weighted by Crippen LogP contribution is 2.22. The SMILES string of the molecule is CCN(CC)c1ccc(NC(=O)NCC2CCOCC2)c(C)c1. The molecule has 0 aromatic heterocycles. The summed E-state index contributed by atoms with van der Waals surface area (Å²) in [6.07, 6.45) is 2.05. The number of aryl methyl sites for hydroxylation is 1. The van der Waals surface area contributed by atoms with Crippen molar-refractivity contribution in [1.29, 1.82) is 0 Å². The summed E-state index contributed by atoms with van der Waals surface area (Å²) in [5.74, 6) is 0.528. The molecule has 2 amide bonds. The predicted molar refractivity (Wildman–Crippen MR) is 95.3 cm³/mol. The number of benzene rings is 1. The molecule has 1 aromatic carbocycles. The van der Waals surface area contributed by atoms with Crippen molar-refractivity contribution in [2.45, 2.75) is 33.6 Å². The summed E-state index contributed by atoms with van der Waals surface area (Å²) < 4.78 is 5.33. The predicted octanol–water partition coefficient (Wildman–Crippen LogP) is 3.39. The molecule has 0 saturated carbocycles. The zero-order valence-corrected chi connectivity index (χ0v) is 14.5. The molecule has 5 nitrogen and oxygen atoms in total. The molecule has 128 valence electrons. The number of hydrogen-bond donors (Lipinski definition) is 2. The van der Waals surface area contributed by atoms with Crippen molar-refractivity contribution in [2.75, 3.05) is 43.1 Å². The number of hydrogen-bond acceptors (Lipinski definition) is 3. The summed E-state index contributed by atoms with van der Waals surface area (Å²) >= 11 is 0. The molecule has 23 heavy (non-hydrogen) atoms. The zero-order chi connectivity index (χ0) is 16.7. The van der Waals surface area contributed by atoms with Crippen molar-refractivity contribution in [3.05, 3.63) is 23.8 Å². The Morgan fingerprint density at radius 3 is 2.57 bits per heavy atom. The van der Waals surface area contributed by atoms with E-state index in [0.29, 0.717) is 12.5 Å². The smallest absolute Gasteiger partial charge is 0.319 e. The fourth-order valence-electron chi connectivity index (χ4n) is 2.93. The van der Waals surface area contributed by atoms with Crippen LogP contribution in [0.1, 0.15) is 32.3 Å². The molecule has 1 aliphatic heterocycles. The van der Waals surface area contributed by atoms with Crippen LogP contribution in [0, 0.1) is 12.8 Å². The second kappa shape index (κ2) is 8.77. The molecule has 1 aromatic rings. The molecule has 1 saturated heterocycles. The van der Waals surface area contributed by atoms with Gasteiger partial charge in [0.2, 0.25) is 0 Å². The number of carbonyl (C=O) groups excluding carboxylic acids is 1. The molecule has 0 spiro atoms. The molecule has 0 radical (unpaired) electrons. The molecule has 1 fully saturated rings. The third kappa shape index (κ3) is 5.13. The molecular weight excluding hydrogens is 290 g/mol. The first-order valence-corrected chi connectivity index (χ1v) is 8.62. The Kier molecular flexibility index (Phi) is 6.71. The van der Waals surface area contributed by atoms with Gasteiger partial charge in [-0.3, -0.25) is 0 Å². The maximum atomic E-state index is 12.1. The van der Waals surface area contributed by atoms with Crippen LogP contribution in [-0.2, 0) is 4.74 Å². The third-order valence-corrected chi connectivity index (χ3v) is 4.48. The van der Waals surface area contributed by atoms with Crippen molar-refractivity contribution >= 4 is 17.4 Å². The number of amides is 2. The molecule has 2 rings (SSSR count). The molecule has 0 bridgehead atoms. The summed E-state index contributed by atoms with van der Waals surface area (Å²) in [6.45, 7) is 10.6. The number of urea groups is 1. The molecular formula is C18H29N3O2. The standard InChI is InChI=1S/C18H29N3O2/c1-4-21(5-2)16-6-7-17(14(3)12-16)20-18(22)19-13-15-8-10-23-11-9-15/h6-7,12,15H,4-5,8-11,13H2,1-3H3,(H2,19,20,22). The lowest BCUT2D eigenvalue weighted by Gasteiger charge is -2.23. The first kappa shape index (κ1) is 17.6. The summed E-state index contributed by atoms with van der Waals surface area (Å²) in [7, 11) is 0. The van der Waals surface area contributed by atoms with E-state index in [2.05, 4.69) is 41.5 Å². The van der Waals surface area contributed by atoms with Crippen molar-refractivity contribution < 1.29 is 9.53 Å². The Balaban J connectivity index is 1.87. The van der Waals surface area contributed by atoms with Gasteiger partial charge in [-0.05, 0) is 63.3 Å². The largest absolute Gasteiger partial charge is 0.381 e. The van der Waals surface area contributed by atoms with Gasteiger partial charge in [-0.25, -0.2) is 4.79 Å². The number of ether oxygens (including phenoxy) is 1. The summed E-state index contributed by atoms with van der Waals surface area (Å²) in [6, 6.07) is 6.04. The average Bonchev–Trinajstić information content (AvgIpc) is 2.57. The summed E-state index contributed by atoms with van der Waals surface area (Å²) in [4.78, 5) is 14.4. The van der Waals surface area contributed by atoms with Crippen LogP contribution >= 0.6 is 0 Å². The number of anilines is 2. The summed E-state index contributed by atoms with van der Waals surface area (Å²) in [5, 5.41) is 5.92. The molecule has 0 unspecified atom stereocenters. The molecule has 5 heteroatoms. The molecule has 2 N–H and O–H groups in total. The zero-order valence-electron chi connectivity index (χ0n) is 14.5. The van der Waals surface area contributed by atoms with E-state index in [1.807, 2.05) is 13.0 Å². The van der Waals surface area contributed by atoms with E-state index in [1.54, 1.807) is 0 Å². The van der Waals surface area contributed by atoms with E-state index in [9.17, 15) is 4.79 Å². The van der Waals surface area contributed by atoms with Crippen LogP contribution < -0.4 is 15.5 Å². The minimum atomic E-state index is -0.129. The van der Waals surface area contributed by atoms with Gasteiger partial charge in [-0.2, -0.15) is 0 Å². The van der Waals surface area contributed by atoms with E-state index in [0.717, 1.165) is 50.4 Å². The van der Waals surface area contributed by atoms with E-state index >= 15 is 0 Å². The normalized spacial score (nSPS) is 15.3. The van der Waals surface area contributed by atoms with Gasteiger partial charge in [0.1, 0.15) is 0 Å². The van der Waals surface area contributed by atoms with Gasteiger partial charge in [-0.1, -0.05) is 0 Å². The Bertz CT molecular complexity index is 509. The molecule has 1 aliphatic rings. The highest BCUT2D eigenvalue weighted by molar-refractivity contribution is 5.90. The van der Waals surface area contributed by atoms with Crippen LogP contribution in [0.2, 0.25) is 0 Å². The van der Waals surface area contributed by atoms with Gasteiger partial charge in [-0.15, -0.1) is 0 Å². The quantitative estimate of drug-likeness (QED) is 0.845. The number of nitrogens with one attached hydrogen (secondary N) is 2. The number of carbonyl (C=O) groups is 1. The van der Waals surface area contributed by atoms with Gasteiger partial charge >= 0.3 is 6.03 Å². The molecule has 0 aliphatic carbocycles. The Morgan fingerprint density at radius 2 is 1.96 bits per heavy atom. The Labute approximate surface area is 139 Å². The molecule has 1 heterocycles. The lowest BCUT2D eigenvalue weighted by Crippen LogP contribution is -2.35.